The first-order chi connectivity index (χ1) is 5.58. The van der Waals surface area contributed by atoms with Crippen molar-refractivity contribution < 1.29 is 13.2 Å². The van der Waals surface area contributed by atoms with Crippen molar-refractivity contribution in [3.05, 3.63) is 11.6 Å². The van der Waals surface area contributed by atoms with Gasteiger partial charge in [-0.2, -0.15) is 0 Å². The van der Waals surface area contributed by atoms with Crippen LogP contribution in [0.2, 0.25) is 0 Å². The van der Waals surface area contributed by atoms with E-state index in [4.69, 9.17) is 4.74 Å². The molecule has 0 bridgehead atoms. The van der Waals surface area contributed by atoms with Gasteiger partial charge in [-0.25, -0.2) is 13.1 Å². The standard InChI is InChI=1S/C7H13NO3S/c1-12(9,10)8-5-7-3-2-4-11-6-7/h3,8H,2,4-6H2,1H3. The average Bonchev–Trinajstić information content (AvgIpc) is 2.02. The van der Waals surface area contributed by atoms with Crippen molar-refractivity contribution in [2.24, 2.45) is 0 Å². The number of nitrogens with one attached hydrogen (secondary N) is 1. The summed E-state index contributed by atoms with van der Waals surface area (Å²) in [5.41, 5.74) is 1.01. The van der Waals surface area contributed by atoms with Crippen molar-refractivity contribution in [3.63, 3.8) is 0 Å². The molecule has 70 valence electrons. The monoisotopic (exact) mass is 191 g/mol. The summed E-state index contributed by atoms with van der Waals surface area (Å²) in [6, 6.07) is 0. The molecule has 1 rings (SSSR count). The van der Waals surface area contributed by atoms with Crippen LogP contribution in [0, 0.1) is 0 Å². The van der Waals surface area contributed by atoms with E-state index in [0.29, 0.717) is 13.2 Å². The largest absolute Gasteiger partial charge is 0.377 e. The third kappa shape index (κ3) is 3.85. The van der Waals surface area contributed by atoms with E-state index < -0.39 is 10.0 Å². The summed E-state index contributed by atoms with van der Waals surface area (Å²) in [6.45, 7) is 1.66. The molecule has 5 heteroatoms. The van der Waals surface area contributed by atoms with Crippen LogP contribution in [-0.4, -0.2) is 34.4 Å². The Labute approximate surface area is 72.7 Å². The van der Waals surface area contributed by atoms with Crippen molar-refractivity contribution in [2.45, 2.75) is 6.42 Å². The van der Waals surface area contributed by atoms with Crippen LogP contribution in [0.5, 0.6) is 0 Å². The zero-order valence-corrected chi connectivity index (χ0v) is 7.86. The van der Waals surface area contributed by atoms with E-state index >= 15 is 0 Å². The van der Waals surface area contributed by atoms with Crippen LogP contribution in [0.25, 0.3) is 0 Å². The number of hydrogen-bond acceptors (Lipinski definition) is 3. The fourth-order valence-corrected chi connectivity index (χ4v) is 1.40. The van der Waals surface area contributed by atoms with Gasteiger partial charge in [-0.05, 0) is 12.0 Å². The summed E-state index contributed by atoms with van der Waals surface area (Å²) in [7, 11) is -3.07. The first-order valence-corrected chi connectivity index (χ1v) is 5.67. The van der Waals surface area contributed by atoms with Gasteiger partial charge in [0, 0.05) is 6.54 Å². The molecule has 0 aromatic carbocycles. The highest BCUT2D eigenvalue weighted by Gasteiger charge is 2.06. The lowest BCUT2D eigenvalue weighted by atomic mass is 10.2. The number of rotatable bonds is 3. The first kappa shape index (κ1) is 9.70. The summed E-state index contributed by atoms with van der Waals surface area (Å²) in [5.74, 6) is 0. The van der Waals surface area contributed by atoms with Gasteiger partial charge in [0.15, 0.2) is 0 Å². The van der Waals surface area contributed by atoms with Crippen LogP contribution in [-0.2, 0) is 14.8 Å². The van der Waals surface area contributed by atoms with Crippen molar-refractivity contribution in [1.29, 1.82) is 0 Å². The van der Waals surface area contributed by atoms with E-state index in [1.165, 1.54) is 0 Å². The summed E-state index contributed by atoms with van der Waals surface area (Å²) in [5, 5.41) is 0. The Kier molecular flexibility index (Phi) is 3.25. The molecule has 0 aromatic heterocycles. The summed E-state index contributed by atoms with van der Waals surface area (Å²) in [6.07, 6.45) is 4.04. The quantitative estimate of drug-likeness (QED) is 0.633. The average molecular weight is 191 g/mol. The molecule has 1 aliphatic heterocycles. The van der Waals surface area contributed by atoms with Crippen molar-refractivity contribution in [2.75, 3.05) is 26.0 Å². The van der Waals surface area contributed by atoms with Gasteiger partial charge < -0.3 is 4.74 Å². The van der Waals surface area contributed by atoms with Crippen LogP contribution < -0.4 is 4.72 Å². The lowest BCUT2D eigenvalue weighted by molar-refractivity contribution is 0.149. The topological polar surface area (TPSA) is 55.4 Å². The minimum absolute atomic E-state index is 0.374. The highest BCUT2D eigenvalue weighted by Crippen LogP contribution is 2.03. The second-order valence-corrected chi connectivity index (χ2v) is 4.63. The SMILES string of the molecule is CS(=O)(=O)NCC1=CCCOC1. The van der Waals surface area contributed by atoms with Gasteiger partial charge in [0.05, 0.1) is 19.5 Å². The first-order valence-electron chi connectivity index (χ1n) is 3.78. The van der Waals surface area contributed by atoms with Crippen LogP contribution in [0.1, 0.15) is 6.42 Å². The zero-order chi connectivity index (χ0) is 9.03. The van der Waals surface area contributed by atoms with E-state index in [2.05, 4.69) is 4.72 Å². The normalized spacial score (nSPS) is 18.9. The van der Waals surface area contributed by atoms with Crippen LogP contribution in [0.15, 0.2) is 11.6 Å². The Bertz CT molecular complexity index is 268. The van der Waals surface area contributed by atoms with Gasteiger partial charge >= 0.3 is 0 Å². The maximum atomic E-state index is 10.7. The van der Waals surface area contributed by atoms with Gasteiger partial charge in [-0.1, -0.05) is 6.08 Å². The molecule has 0 aliphatic carbocycles. The van der Waals surface area contributed by atoms with Crippen molar-refractivity contribution >= 4 is 10.0 Å². The van der Waals surface area contributed by atoms with Gasteiger partial charge in [0.1, 0.15) is 0 Å². The predicted molar refractivity (Wildman–Crippen MR) is 46.4 cm³/mol. The smallest absolute Gasteiger partial charge is 0.208 e. The molecule has 1 aliphatic rings. The Hall–Kier alpha value is -0.390. The number of hydrogen-bond donors (Lipinski definition) is 1. The van der Waals surface area contributed by atoms with E-state index in [0.717, 1.165) is 24.9 Å². The predicted octanol–water partition coefficient (Wildman–Crippen LogP) is -0.118. The molecule has 1 heterocycles. The molecule has 0 unspecified atom stereocenters. The second-order valence-electron chi connectivity index (χ2n) is 2.80. The molecule has 0 fully saturated rings. The fourth-order valence-electron chi connectivity index (χ4n) is 0.956. The minimum Gasteiger partial charge on any atom is -0.377 e. The second kappa shape index (κ2) is 4.02. The molecule has 0 radical (unpaired) electrons. The minimum atomic E-state index is -3.07. The number of ether oxygens (including phenoxy) is 1. The van der Waals surface area contributed by atoms with E-state index in [9.17, 15) is 8.42 Å². The van der Waals surface area contributed by atoms with E-state index in [-0.39, 0.29) is 0 Å². The van der Waals surface area contributed by atoms with Crippen molar-refractivity contribution in [3.8, 4) is 0 Å². The van der Waals surface area contributed by atoms with Gasteiger partial charge in [-0.3, -0.25) is 0 Å². The van der Waals surface area contributed by atoms with Gasteiger partial charge in [-0.15, -0.1) is 0 Å². The molecule has 0 spiro atoms. The van der Waals surface area contributed by atoms with Crippen LogP contribution in [0.3, 0.4) is 0 Å². The van der Waals surface area contributed by atoms with Gasteiger partial charge in [0.2, 0.25) is 10.0 Å². The van der Waals surface area contributed by atoms with Crippen LogP contribution >= 0.6 is 0 Å². The summed E-state index contributed by atoms with van der Waals surface area (Å²) >= 11 is 0. The maximum absolute atomic E-state index is 10.7. The third-order valence-electron chi connectivity index (χ3n) is 1.54. The zero-order valence-electron chi connectivity index (χ0n) is 7.04. The Balaban J connectivity index is 2.36. The Morgan fingerprint density at radius 3 is 2.92 bits per heavy atom. The molecule has 12 heavy (non-hydrogen) atoms. The highest BCUT2D eigenvalue weighted by molar-refractivity contribution is 7.88. The maximum Gasteiger partial charge on any atom is 0.208 e. The molecule has 0 aromatic rings. The summed E-state index contributed by atoms with van der Waals surface area (Å²) in [4.78, 5) is 0. The number of sulfonamides is 1. The molecular formula is C7H13NO3S. The van der Waals surface area contributed by atoms with Crippen LogP contribution in [0.4, 0.5) is 0 Å². The molecule has 0 saturated heterocycles. The molecule has 0 atom stereocenters. The lowest BCUT2D eigenvalue weighted by Crippen LogP contribution is -2.26. The molecule has 4 nitrogen and oxygen atoms in total. The summed E-state index contributed by atoms with van der Waals surface area (Å²) < 4.78 is 28.9. The molecule has 0 saturated carbocycles. The molecular weight excluding hydrogens is 178 g/mol. The Morgan fingerprint density at radius 1 is 1.67 bits per heavy atom. The lowest BCUT2D eigenvalue weighted by Gasteiger charge is -2.13. The third-order valence-corrected chi connectivity index (χ3v) is 2.21. The fraction of sp³-hybridized carbons (Fsp3) is 0.714. The molecule has 1 N–H and O–H groups in total. The highest BCUT2D eigenvalue weighted by atomic mass is 32.2. The Morgan fingerprint density at radius 2 is 2.42 bits per heavy atom. The van der Waals surface area contributed by atoms with Gasteiger partial charge in [0.25, 0.3) is 0 Å². The van der Waals surface area contributed by atoms with E-state index in [1.54, 1.807) is 0 Å². The molecule has 0 amide bonds. The van der Waals surface area contributed by atoms with Crippen molar-refractivity contribution in [1.82, 2.24) is 4.72 Å². The van der Waals surface area contributed by atoms with E-state index in [1.807, 2.05) is 6.08 Å².